The van der Waals surface area contributed by atoms with Crippen LogP contribution in [0.25, 0.3) is 0 Å². The molecule has 28 heavy (non-hydrogen) atoms. The fraction of sp³-hybridized carbons (Fsp3) is 0.409. The second-order valence-corrected chi connectivity index (χ2v) is 7.07. The van der Waals surface area contributed by atoms with Gasteiger partial charge in [-0.3, -0.25) is 9.89 Å². The zero-order valence-electron chi connectivity index (χ0n) is 16.5. The first-order valence-corrected chi connectivity index (χ1v) is 9.90. The average Bonchev–Trinajstić information content (AvgIpc) is 2.70. The van der Waals surface area contributed by atoms with Crippen molar-refractivity contribution in [3.8, 4) is 0 Å². The molecule has 0 aliphatic carbocycles. The predicted octanol–water partition coefficient (Wildman–Crippen LogP) is 3.63. The number of unbranched alkanes of at least 4 members (excludes halogenated alkanes) is 1. The van der Waals surface area contributed by atoms with Crippen LogP contribution >= 0.6 is 24.0 Å². The number of aliphatic imine (C=N–C) groups is 1. The van der Waals surface area contributed by atoms with Crippen molar-refractivity contribution in [3.63, 3.8) is 0 Å². The van der Waals surface area contributed by atoms with E-state index in [-0.39, 0.29) is 24.0 Å². The van der Waals surface area contributed by atoms with Crippen LogP contribution in [-0.2, 0) is 6.54 Å². The van der Waals surface area contributed by atoms with Gasteiger partial charge >= 0.3 is 0 Å². The predicted molar refractivity (Wildman–Crippen MR) is 129 cm³/mol. The van der Waals surface area contributed by atoms with Gasteiger partial charge in [-0.2, -0.15) is 0 Å². The number of benzene rings is 2. The van der Waals surface area contributed by atoms with Gasteiger partial charge in [0.1, 0.15) is 0 Å². The molecule has 0 bridgehead atoms. The van der Waals surface area contributed by atoms with Gasteiger partial charge in [-0.25, -0.2) is 0 Å². The van der Waals surface area contributed by atoms with Gasteiger partial charge in [0.05, 0.1) is 0 Å². The van der Waals surface area contributed by atoms with E-state index in [0.29, 0.717) is 5.96 Å². The lowest BCUT2D eigenvalue weighted by molar-refractivity contribution is 0.126. The molecule has 0 spiro atoms. The summed E-state index contributed by atoms with van der Waals surface area (Å²) in [7, 11) is 0. The van der Waals surface area contributed by atoms with Crippen molar-refractivity contribution in [2.45, 2.75) is 19.4 Å². The summed E-state index contributed by atoms with van der Waals surface area (Å²) in [6.45, 7) is 7.63. The average molecular weight is 493 g/mol. The summed E-state index contributed by atoms with van der Waals surface area (Å²) < 4.78 is 0. The minimum atomic E-state index is 0. The van der Waals surface area contributed by atoms with Gasteiger partial charge in [-0.05, 0) is 37.1 Å². The summed E-state index contributed by atoms with van der Waals surface area (Å²) >= 11 is 0. The topological polar surface area (TPSA) is 56.9 Å². The van der Waals surface area contributed by atoms with Crippen LogP contribution in [0.3, 0.4) is 0 Å². The molecule has 0 amide bonds. The van der Waals surface area contributed by atoms with Crippen molar-refractivity contribution >= 4 is 35.6 Å². The quantitative estimate of drug-likeness (QED) is 0.255. The second-order valence-electron chi connectivity index (χ2n) is 7.07. The Hall–Kier alpha value is -1.64. The highest BCUT2D eigenvalue weighted by Gasteiger charge is 2.16. The molecular formula is C22H32IN5. The molecule has 2 aromatic carbocycles. The van der Waals surface area contributed by atoms with E-state index in [1.165, 1.54) is 12.0 Å². The molecule has 1 heterocycles. The molecule has 0 radical (unpaired) electrons. The fourth-order valence-corrected chi connectivity index (χ4v) is 3.37. The number of nitrogens with zero attached hydrogens (tertiary/aromatic N) is 3. The molecular weight excluding hydrogens is 461 g/mol. The summed E-state index contributed by atoms with van der Waals surface area (Å²) in [5.74, 6) is 0.496. The van der Waals surface area contributed by atoms with Crippen molar-refractivity contribution in [3.05, 3.63) is 66.2 Å². The number of piperazine rings is 1. The Morgan fingerprint density at radius 1 is 0.857 bits per heavy atom. The Bertz CT molecular complexity index is 685. The smallest absolute Gasteiger partial charge is 0.193 e. The molecule has 1 saturated heterocycles. The summed E-state index contributed by atoms with van der Waals surface area (Å²) in [6, 6.07) is 20.7. The number of hydrogen-bond acceptors (Lipinski definition) is 3. The molecule has 0 aromatic heterocycles. The molecule has 0 unspecified atom stereocenters. The van der Waals surface area contributed by atoms with Gasteiger partial charge in [-0.15, -0.1) is 24.0 Å². The molecule has 152 valence electrons. The summed E-state index contributed by atoms with van der Waals surface area (Å²) in [5, 5.41) is 3.12. The van der Waals surface area contributed by atoms with Gasteiger partial charge in [0.25, 0.3) is 0 Å². The van der Waals surface area contributed by atoms with Crippen LogP contribution < -0.4 is 11.1 Å². The van der Waals surface area contributed by atoms with E-state index >= 15 is 0 Å². The molecule has 3 N–H and O–H groups in total. The van der Waals surface area contributed by atoms with Crippen LogP contribution in [0.2, 0.25) is 0 Å². The van der Waals surface area contributed by atoms with Crippen molar-refractivity contribution in [2.75, 3.05) is 44.6 Å². The lowest BCUT2D eigenvalue weighted by Gasteiger charge is -2.34. The monoisotopic (exact) mass is 493 g/mol. The van der Waals surface area contributed by atoms with E-state index in [1.807, 2.05) is 30.3 Å². The Morgan fingerprint density at radius 2 is 1.46 bits per heavy atom. The van der Waals surface area contributed by atoms with Crippen molar-refractivity contribution in [1.29, 1.82) is 0 Å². The Balaban J connectivity index is 0.00000280. The molecule has 1 aliphatic heterocycles. The normalized spacial score (nSPS) is 15.8. The summed E-state index contributed by atoms with van der Waals surface area (Å²) in [4.78, 5) is 9.53. The number of para-hydroxylation sites is 1. The number of nitrogens with one attached hydrogen (secondary N) is 1. The number of rotatable bonds is 8. The van der Waals surface area contributed by atoms with E-state index < -0.39 is 0 Å². The van der Waals surface area contributed by atoms with Crippen LogP contribution in [0, 0.1) is 0 Å². The SMILES string of the molecule is I.NC(=NCCCCN1CCN(Cc2ccccc2)CC1)Nc1ccccc1. The van der Waals surface area contributed by atoms with Gasteiger partial charge < -0.3 is 16.0 Å². The van der Waals surface area contributed by atoms with Crippen LogP contribution in [0.15, 0.2) is 65.7 Å². The number of nitrogens with two attached hydrogens (primary N) is 1. The Kier molecular flexibility index (Phi) is 10.3. The van der Waals surface area contributed by atoms with Crippen molar-refractivity contribution < 1.29 is 0 Å². The molecule has 2 aromatic rings. The Labute approximate surface area is 186 Å². The fourth-order valence-electron chi connectivity index (χ4n) is 3.37. The zero-order valence-corrected chi connectivity index (χ0v) is 18.8. The first-order valence-electron chi connectivity index (χ1n) is 9.90. The third-order valence-electron chi connectivity index (χ3n) is 4.92. The van der Waals surface area contributed by atoms with E-state index in [9.17, 15) is 0 Å². The third kappa shape index (κ3) is 8.16. The van der Waals surface area contributed by atoms with Crippen LogP contribution in [0.1, 0.15) is 18.4 Å². The molecule has 0 atom stereocenters. The number of anilines is 1. The van der Waals surface area contributed by atoms with Crippen LogP contribution in [-0.4, -0.2) is 55.0 Å². The Morgan fingerprint density at radius 3 is 2.14 bits per heavy atom. The summed E-state index contributed by atoms with van der Waals surface area (Å²) in [5.41, 5.74) is 8.32. The maximum Gasteiger partial charge on any atom is 0.193 e. The van der Waals surface area contributed by atoms with E-state index in [1.54, 1.807) is 0 Å². The maximum absolute atomic E-state index is 5.93. The number of halogens is 1. The molecule has 1 aliphatic rings. The number of hydrogen-bond donors (Lipinski definition) is 2. The first-order chi connectivity index (χ1) is 13.3. The standard InChI is InChI=1S/C22H31N5.HI/c23-22(25-21-11-5-2-6-12-21)24-13-7-8-14-26-15-17-27(18-16-26)19-20-9-3-1-4-10-20;/h1-6,9-12H,7-8,13-19H2,(H3,23,24,25);1H. The highest BCUT2D eigenvalue weighted by molar-refractivity contribution is 14.0. The van der Waals surface area contributed by atoms with E-state index in [4.69, 9.17) is 5.73 Å². The minimum Gasteiger partial charge on any atom is -0.370 e. The van der Waals surface area contributed by atoms with E-state index in [0.717, 1.165) is 57.9 Å². The number of guanidine groups is 1. The molecule has 3 rings (SSSR count). The molecule has 6 heteroatoms. The van der Waals surface area contributed by atoms with Crippen molar-refractivity contribution in [1.82, 2.24) is 9.80 Å². The van der Waals surface area contributed by atoms with Gasteiger partial charge in [0, 0.05) is 45.0 Å². The van der Waals surface area contributed by atoms with Crippen LogP contribution in [0.5, 0.6) is 0 Å². The zero-order chi connectivity index (χ0) is 18.7. The van der Waals surface area contributed by atoms with Gasteiger partial charge in [-0.1, -0.05) is 48.5 Å². The second kappa shape index (κ2) is 12.7. The third-order valence-corrected chi connectivity index (χ3v) is 4.92. The molecule has 1 fully saturated rings. The first kappa shape index (κ1) is 22.6. The maximum atomic E-state index is 5.93. The lowest BCUT2D eigenvalue weighted by Crippen LogP contribution is -2.46. The van der Waals surface area contributed by atoms with Crippen LogP contribution in [0.4, 0.5) is 5.69 Å². The highest BCUT2D eigenvalue weighted by Crippen LogP contribution is 2.09. The van der Waals surface area contributed by atoms with E-state index in [2.05, 4.69) is 50.4 Å². The van der Waals surface area contributed by atoms with Gasteiger partial charge in [0.15, 0.2) is 5.96 Å². The lowest BCUT2D eigenvalue weighted by atomic mass is 10.2. The minimum absolute atomic E-state index is 0. The highest BCUT2D eigenvalue weighted by atomic mass is 127. The summed E-state index contributed by atoms with van der Waals surface area (Å²) in [6.07, 6.45) is 2.24. The van der Waals surface area contributed by atoms with Crippen molar-refractivity contribution in [2.24, 2.45) is 10.7 Å². The molecule has 0 saturated carbocycles. The largest absolute Gasteiger partial charge is 0.370 e. The van der Waals surface area contributed by atoms with Gasteiger partial charge in [0.2, 0.25) is 0 Å². The molecule has 5 nitrogen and oxygen atoms in total.